The predicted octanol–water partition coefficient (Wildman–Crippen LogP) is 3.00. The molecule has 0 radical (unpaired) electrons. The van der Waals surface area contributed by atoms with Crippen molar-refractivity contribution in [3.8, 4) is 0 Å². The molecule has 2 aliphatic heterocycles. The van der Waals surface area contributed by atoms with Crippen LogP contribution < -0.4 is 0 Å². The zero-order valence-electron chi connectivity index (χ0n) is 8.61. The van der Waals surface area contributed by atoms with E-state index in [-0.39, 0.29) is 0 Å². The number of aromatic nitrogens is 1. The molecule has 3 heterocycles. The van der Waals surface area contributed by atoms with Crippen LogP contribution in [0.3, 0.4) is 0 Å². The van der Waals surface area contributed by atoms with E-state index in [4.69, 9.17) is 0 Å². The van der Waals surface area contributed by atoms with Crippen molar-refractivity contribution >= 4 is 39.5 Å². The van der Waals surface area contributed by atoms with Crippen LogP contribution in [-0.4, -0.2) is 29.0 Å². The maximum absolute atomic E-state index is 4.49. The largest absolute Gasteiger partial charge is 0.297 e. The standard InChI is InChI=1S/C11H13IN2S/c1-14-8-2-3-9(14)5-7(4-8)10-11(12)15-6-13-10/h4,6,8-9H,2-3,5H2,1H3. The molecule has 1 aromatic heterocycles. The lowest BCUT2D eigenvalue weighted by atomic mass is 10.00. The molecular formula is C11H13IN2S. The first kappa shape index (κ1) is 10.2. The molecule has 0 aliphatic carbocycles. The molecule has 2 aliphatic rings. The van der Waals surface area contributed by atoms with E-state index in [1.165, 1.54) is 33.4 Å². The highest BCUT2D eigenvalue weighted by Gasteiger charge is 2.34. The summed E-state index contributed by atoms with van der Waals surface area (Å²) in [7, 11) is 2.25. The quantitative estimate of drug-likeness (QED) is 0.735. The SMILES string of the molecule is CN1C2C=C(c3ncsc3I)CC1CC2. The van der Waals surface area contributed by atoms with E-state index in [0.717, 1.165) is 6.04 Å². The summed E-state index contributed by atoms with van der Waals surface area (Å²) in [5, 5.41) is 0. The molecule has 0 aromatic carbocycles. The van der Waals surface area contributed by atoms with Gasteiger partial charge in [-0.05, 0) is 54.5 Å². The van der Waals surface area contributed by atoms with Gasteiger partial charge in [0.1, 0.15) is 0 Å². The predicted molar refractivity (Wildman–Crippen MR) is 72.0 cm³/mol. The molecule has 1 saturated heterocycles. The Labute approximate surface area is 108 Å². The summed E-state index contributed by atoms with van der Waals surface area (Å²) in [6.07, 6.45) is 6.29. The topological polar surface area (TPSA) is 16.1 Å². The van der Waals surface area contributed by atoms with Crippen LogP contribution in [0.4, 0.5) is 0 Å². The minimum atomic E-state index is 0.663. The van der Waals surface area contributed by atoms with Gasteiger partial charge in [-0.2, -0.15) is 0 Å². The zero-order valence-corrected chi connectivity index (χ0v) is 11.6. The Morgan fingerprint density at radius 3 is 3.07 bits per heavy atom. The van der Waals surface area contributed by atoms with E-state index in [0.29, 0.717) is 6.04 Å². The molecular weight excluding hydrogens is 319 g/mol. The van der Waals surface area contributed by atoms with Gasteiger partial charge in [-0.15, -0.1) is 11.3 Å². The smallest absolute Gasteiger partial charge is 0.0928 e. The number of halogens is 1. The van der Waals surface area contributed by atoms with Crippen molar-refractivity contribution < 1.29 is 0 Å². The average molecular weight is 332 g/mol. The molecule has 2 unspecified atom stereocenters. The molecule has 0 saturated carbocycles. The third kappa shape index (κ3) is 1.66. The van der Waals surface area contributed by atoms with Gasteiger partial charge in [-0.25, -0.2) is 4.98 Å². The minimum absolute atomic E-state index is 0.663. The molecule has 0 spiro atoms. The molecule has 0 amide bonds. The van der Waals surface area contributed by atoms with E-state index in [1.54, 1.807) is 11.3 Å². The van der Waals surface area contributed by atoms with Crippen LogP contribution >= 0.6 is 33.9 Å². The Kier molecular flexibility index (Phi) is 2.60. The Morgan fingerprint density at radius 1 is 1.53 bits per heavy atom. The van der Waals surface area contributed by atoms with E-state index in [1.807, 2.05) is 5.51 Å². The lowest BCUT2D eigenvalue weighted by Crippen LogP contribution is -2.34. The monoisotopic (exact) mass is 332 g/mol. The van der Waals surface area contributed by atoms with Crippen LogP contribution in [0, 0.1) is 2.88 Å². The van der Waals surface area contributed by atoms with Crippen molar-refractivity contribution in [2.24, 2.45) is 0 Å². The van der Waals surface area contributed by atoms with Crippen LogP contribution in [0.5, 0.6) is 0 Å². The van der Waals surface area contributed by atoms with Crippen LogP contribution in [0.25, 0.3) is 5.57 Å². The fraction of sp³-hybridized carbons (Fsp3) is 0.545. The first-order valence-corrected chi connectivity index (χ1v) is 7.23. The summed E-state index contributed by atoms with van der Waals surface area (Å²) in [5.41, 5.74) is 4.68. The molecule has 1 fully saturated rings. The minimum Gasteiger partial charge on any atom is -0.297 e. The Bertz CT molecular complexity index is 412. The highest BCUT2D eigenvalue weighted by Crippen LogP contribution is 2.38. The number of thiazole rings is 1. The normalized spacial score (nSPS) is 30.7. The maximum atomic E-state index is 4.49. The van der Waals surface area contributed by atoms with E-state index >= 15 is 0 Å². The van der Waals surface area contributed by atoms with Gasteiger partial charge < -0.3 is 0 Å². The van der Waals surface area contributed by atoms with Gasteiger partial charge in [-0.3, -0.25) is 4.90 Å². The lowest BCUT2D eigenvalue weighted by molar-refractivity contribution is 0.264. The van der Waals surface area contributed by atoms with Gasteiger partial charge in [0.2, 0.25) is 0 Å². The zero-order chi connectivity index (χ0) is 10.4. The average Bonchev–Trinajstić information content (AvgIpc) is 2.70. The summed E-state index contributed by atoms with van der Waals surface area (Å²) >= 11 is 4.14. The van der Waals surface area contributed by atoms with Crippen molar-refractivity contribution in [3.63, 3.8) is 0 Å². The molecule has 4 heteroatoms. The second kappa shape index (κ2) is 3.82. The Hall–Kier alpha value is 0.0600. The summed E-state index contributed by atoms with van der Waals surface area (Å²) in [6, 6.07) is 1.42. The van der Waals surface area contributed by atoms with Gasteiger partial charge in [0.05, 0.1) is 14.1 Å². The molecule has 2 bridgehead atoms. The number of rotatable bonds is 1. The summed E-state index contributed by atoms with van der Waals surface area (Å²) in [4.78, 5) is 7.00. The van der Waals surface area contributed by atoms with Crippen molar-refractivity contribution in [2.45, 2.75) is 31.3 Å². The number of nitrogens with zero attached hydrogens (tertiary/aromatic N) is 2. The van der Waals surface area contributed by atoms with Crippen molar-refractivity contribution in [3.05, 3.63) is 20.2 Å². The summed E-state index contributed by atoms with van der Waals surface area (Å²) in [5.74, 6) is 0. The molecule has 15 heavy (non-hydrogen) atoms. The first-order valence-electron chi connectivity index (χ1n) is 5.27. The van der Waals surface area contributed by atoms with E-state index in [2.05, 4.69) is 45.6 Å². The van der Waals surface area contributed by atoms with E-state index < -0.39 is 0 Å². The highest BCUT2D eigenvalue weighted by atomic mass is 127. The molecule has 0 N–H and O–H groups in total. The fourth-order valence-electron chi connectivity index (χ4n) is 2.66. The fourth-order valence-corrected chi connectivity index (χ4v) is 4.03. The van der Waals surface area contributed by atoms with Gasteiger partial charge in [0, 0.05) is 12.1 Å². The lowest BCUT2D eigenvalue weighted by Gasteiger charge is -2.29. The highest BCUT2D eigenvalue weighted by molar-refractivity contribution is 14.1. The van der Waals surface area contributed by atoms with Crippen molar-refractivity contribution in [1.82, 2.24) is 9.88 Å². The Morgan fingerprint density at radius 2 is 2.40 bits per heavy atom. The van der Waals surface area contributed by atoms with Crippen LogP contribution in [0.1, 0.15) is 25.0 Å². The Balaban J connectivity index is 1.97. The number of fused-ring (bicyclic) bond motifs is 2. The van der Waals surface area contributed by atoms with Crippen LogP contribution in [0.15, 0.2) is 11.6 Å². The maximum Gasteiger partial charge on any atom is 0.0928 e. The first-order chi connectivity index (χ1) is 7.25. The van der Waals surface area contributed by atoms with Crippen molar-refractivity contribution in [2.75, 3.05) is 7.05 Å². The molecule has 80 valence electrons. The third-order valence-electron chi connectivity index (χ3n) is 3.57. The van der Waals surface area contributed by atoms with Gasteiger partial charge in [0.25, 0.3) is 0 Å². The van der Waals surface area contributed by atoms with E-state index in [9.17, 15) is 0 Å². The van der Waals surface area contributed by atoms with Gasteiger partial charge in [0.15, 0.2) is 0 Å². The number of hydrogen-bond acceptors (Lipinski definition) is 3. The van der Waals surface area contributed by atoms with Gasteiger partial charge in [-0.1, -0.05) is 6.08 Å². The second-order valence-corrected chi connectivity index (χ2v) is 7.00. The third-order valence-corrected chi connectivity index (χ3v) is 5.46. The molecule has 2 atom stereocenters. The summed E-state index contributed by atoms with van der Waals surface area (Å²) in [6.45, 7) is 0. The molecule has 1 aromatic rings. The second-order valence-electron chi connectivity index (χ2n) is 4.33. The van der Waals surface area contributed by atoms with Crippen LogP contribution in [-0.2, 0) is 0 Å². The number of likely N-dealkylation sites (N-methyl/N-ethyl adjacent to an activating group) is 1. The van der Waals surface area contributed by atoms with Gasteiger partial charge >= 0.3 is 0 Å². The molecule has 2 nitrogen and oxygen atoms in total. The van der Waals surface area contributed by atoms with Crippen molar-refractivity contribution in [1.29, 1.82) is 0 Å². The summed E-state index contributed by atoms with van der Waals surface area (Å²) < 4.78 is 1.34. The molecule has 3 rings (SSSR count). The van der Waals surface area contributed by atoms with Crippen LogP contribution in [0.2, 0.25) is 0 Å². The number of hydrogen-bond donors (Lipinski definition) is 0.